The molecule has 1 aliphatic carbocycles. The molecule has 0 bridgehead atoms. The fourth-order valence-electron chi connectivity index (χ4n) is 3.04. The molecule has 104 valence electrons. The lowest BCUT2D eigenvalue weighted by molar-refractivity contribution is 0.0732. The number of nitrogens with zero attached hydrogens (tertiary/aromatic N) is 1. The second-order valence-electron chi connectivity index (χ2n) is 5.61. The maximum absolute atomic E-state index is 12.5. The summed E-state index contributed by atoms with van der Waals surface area (Å²) in [6.07, 6.45) is 8.24. The number of fused-ring (bicyclic) bond motifs is 1. The molecule has 1 aromatic heterocycles. The van der Waals surface area contributed by atoms with Crippen molar-refractivity contribution in [1.82, 2.24) is 4.90 Å². The van der Waals surface area contributed by atoms with Crippen molar-refractivity contribution in [3.8, 4) is 0 Å². The number of halogens is 1. The molecule has 0 aromatic carbocycles. The second-order valence-corrected chi connectivity index (χ2v) is 7.36. The lowest BCUT2D eigenvalue weighted by atomic mass is 10.1. The smallest absolute Gasteiger partial charge is 0.263 e. The number of alkyl halides is 1. The predicted molar refractivity (Wildman–Crippen MR) is 80.4 cm³/mol. The number of hydrogen-bond acceptors (Lipinski definition) is 2. The normalized spacial score (nSPS) is 23.8. The van der Waals surface area contributed by atoms with Crippen molar-refractivity contribution in [3.05, 3.63) is 21.4 Å². The number of amides is 1. The lowest BCUT2D eigenvalue weighted by Crippen LogP contribution is -2.40. The van der Waals surface area contributed by atoms with Crippen molar-refractivity contribution in [2.75, 3.05) is 13.1 Å². The minimum absolute atomic E-state index is 0.135. The van der Waals surface area contributed by atoms with E-state index in [0.29, 0.717) is 6.54 Å². The van der Waals surface area contributed by atoms with E-state index >= 15 is 0 Å². The number of hydrogen-bond donors (Lipinski definition) is 0. The minimum atomic E-state index is 0.135. The van der Waals surface area contributed by atoms with Crippen molar-refractivity contribution >= 4 is 28.8 Å². The molecule has 0 radical (unpaired) electrons. The van der Waals surface area contributed by atoms with Gasteiger partial charge in [0.15, 0.2) is 0 Å². The number of piperidine rings is 1. The summed E-state index contributed by atoms with van der Waals surface area (Å²) in [7, 11) is 0. The van der Waals surface area contributed by atoms with Gasteiger partial charge in [-0.15, -0.1) is 22.9 Å². The average molecular weight is 298 g/mol. The van der Waals surface area contributed by atoms with Crippen LogP contribution in [0, 0.1) is 0 Å². The first-order valence-electron chi connectivity index (χ1n) is 7.29. The van der Waals surface area contributed by atoms with Crippen LogP contribution in [0.3, 0.4) is 0 Å². The monoisotopic (exact) mass is 297 g/mol. The third-order valence-corrected chi connectivity index (χ3v) is 5.69. The van der Waals surface area contributed by atoms with E-state index in [9.17, 15) is 4.79 Å². The first-order valence-corrected chi connectivity index (χ1v) is 8.54. The Hall–Kier alpha value is -0.540. The van der Waals surface area contributed by atoms with Gasteiger partial charge >= 0.3 is 0 Å². The molecule has 2 nitrogen and oxygen atoms in total. The fraction of sp³-hybridized carbons (Fsp3) is 0.667. The molecule has 1 amide bonds. The maximum Gasteiger partial charge on any atom is 0.263 e. The molecular formula is C15H20ClNOS. The number of aryl methyl sites for hydroxylation is 2. The van der Waals surface area contributed by atoms with E-state index < -0.39 is 0 Å². The topological polar surface area (TPSA) is 20.3 Å². The SMILES string of the molecule is O=C(c1cc2c(s1)CCCCC2)N1CCCC(Cl)C1. The second kappa shape index (κ2) is 5.84. The van der Waals surface area contributed by atoms with Crippen molar-refractivity contribution in [3.63, 3.8) is 0 Å². The Morgan fingerprint density at radius 3 is 2.95 bits per heavy atom. The molecule has 1 unspecified atom stereocenters. The Kier molecular flexibility index (Phi) is 4.13. The van der Waals surface area contributed by atoms with E-state index in [4.69, 9.17) is 11.6 Å². The quantitative estimate of drug-likeness (QED) is 0.569. The molecule has 0 saturated carbocycles. The summed E-state index contributed by atoms with van der Waals surface area (Å²) in [5, 5.41) is 0.135. The van der Waals surface area contributed by atoms with Crippen molar-refractivity contribution in [2.24, 2.45) is 0 Å². The van der Waals surface area contributed by atoms with Crippen molar-refractivity contribution < 1.29 is 4.79 Å². The van der Waals surface area contributed by atoms with E-state index in [1.807, 2.05) is 4.90 Å². The Labute approximate surface area is 123 Å². The molecule has 1 fully saturated rings. The summed E-state index contributed by atoms with van der Waals surface area (Å²) in [6, 6.07) is 2.14. The van der Waals surface area contributed by atoms with Crippen LogP contribution in [0.4, 0.5) is 0 Å². The van der Waals surface area contributed by atoms with Crippen LogP contribution in [0.1, 0.15) is 52.2 Å². The van der Waals surface area contributed by atoms with Gasteiger partial charge in [0, 0.05) is 18.0 Å². The van der Waals surface area contributed by atoms with Gasteiger partial charge in [-0.3, -0.25) is 4.79 Å². The van der Waals surface area contributed by atoms with Gasteiger partial charge in [0.05, 0.1) is 10.3 Å². The molecule has 3 rings (SSSR count). The van der Waals surface area contributed by atoms with Crippen LogP contribution >= 0.6 is 22.9 Å². The molecule has 2 heterocycles. The van der Waals surface area contributed by atoms with Crippen LogP contribution in [-0.4, -0.2) is 29.3 Å². The molecule has 2 aliphatic rings. The zero-order valence-corrected chi connectivity index (χ0v) is 12.7. The van der Waals surface area contributed by atoms with Gasteiger partial charge in [-0.05, 0) is 50.2 Å². The van der Waals surface area contributed by atoms with Crippen LogP contribution in [0.25, 0.3) is 0 Å². The highest BCUT2D eigenvalue weighted by Gasteiger charge is 2.25. The van der Waals surface area contributed by atoms with E-state index in [-0.39, 0.29) is 11.3 Å². The van der Waals surface area contributed by atoms with Gasteiger partial charge < -0.3 is 4.90 Å². The van der Waals surface area contributed by atoms with Crippen molar-refractivity contribution in [1.29, 1.82) is 0 Å². The summed E-state index contributed by atoms with van der Waals surface area (Å²) >= 11 is 7.89. The maximum atomic E-state index is 12.5. The van der Waals surface area contributed by atoms with Crippen LogP contribution in [-0.2, 0) is 12.8 Å². The fourth-order valence-corrected chi connectivity index (χ4v) is 4.58. The predicted octanol–water partition coefficient (Wildman–Crippen LogP) is 3.86. The molecule has 1 aliphatic heterocycles. The summed E-state index contributed by atoms with van der Waals surface area (Å²) in [4.78, 5) is 16.8. The van der Waals surface area contributed by atoms with E-state index in [1.54, 1.807) is 11.3 Å². The summed E-state index contributed by atoms with van der Waals surface area (Å²) < 4.78 is 0. The molecule has 1 atom stereocenters. The van der Waals surface area contributed by atoms with Crippen LogP contribution < -0.4 is 0 Å². The van der Waals surface area contributed by atoms with Gasteiger partial charge in [0.25, 0.3) is 5.91 Å². The standard InChI is InChI=1S/C15H20ClNOS/c16-12-6-4-8-17(10-12)15(18)14-9-11-5-2-1-3-7-13(11)19-14/h9,12H,1-8,10H2. The first-order chi connectivity index (χ1) is 9.24. The van der Waals surface area contributed by atoms with Gasteiger partial charge in [-0.25, -0.2) is 0 Å². The van der Waals surface area contributed by atoms with Gasteiger partial charge in [-0.1, -0.05) is 6.42 Å². The Morgan fingerprint density at radius 2 is 2.11 bits per heavy atom. The number of rotatable bonds is 1. The Bertz CT molecular complexity index is 447. The van der Waals surface area contributed by atoms with Crippen LogP contribution in [0.15, 0.2) is 6.07 Å². The highest BCUT2D eigenvalue weighted by molar-refractivity contribution is 7.14. The third-order valence-electron chi connectivity index (χ3n) is 4.11. The summed E-state index contributed by atoms with van der Waals surface area (Å²) in [6.45, 7) is 1.58. The molecule has 1 saturated heterocycles. The number of carbonyl (C=O) groups excluding carboxylic acids is 1. The third kappa shape index (κ3) is 2.97. The summed E-state index contributed by atoms with van der Waals surface area (Å²) in [5.41, 5.74) is 1.42. The van der Waals surface area contributed by atoms with E-state index in [2.05, 4.69) is 6.07 Å². The number of carbonyl (C=O) groups is 1. The van der Waals surface area contributed by atoms with Crippen LogP contribution in [0.5, 0.6) is 0 Å². The molecule has 4 heteroatoms. The zero-order chi connectivity index (χ0) is 13.2. The largest absolute Gasteiger partial charge is 0.336 e. The molecule has 0 spiro atoms. The lowest BCUT2D eigenvalue weighted by Gasteiger charge is -2.29. The summed E-state index contributed by atoms with van der Waals surface area (Å²) in [5.74, 6) is 0.198. The highest BCUT2D eigenvalue weighted by atomic mass is 35.5. The average Bonchev–Trinajstić information content (AvgIpc) is 2.69. The highest BCUT2D eigenvalue weighted by Crippen LogP contribution is 2.30. The minimum Gasteiger partial charge on any atom is -0.336 e. The van der Waals surface area contributed by atoms with Gasteiger partial charge in [0.2, 0.25) is 0 Å². The van der Waals surface area contributed by atoms with E-state index in [1.165, 1.54) is 29.7 Å². The van der Waals surface area contributed by atoms with Gasteiger partial charge in [0.1, 0.15) is 0 Å². The molecular weight excluding hydrogens is 278 g/mol. The Morgan fingerprint density at radius 1 is 1.26 bits per heavy atom. The number of thiophene rings is 1. The van der Waals surface area contributed by atoms with E-state index in [0.717, 1.165) is 37.1 Å². The first kappa shape index (κ1) is 13.4. The van der Waals surface area contributed by atoms with Crippen molar-refractivity contribution in [2.45, 2.75) is 50.3 Å². The molecule has 19 heavy (non-hydrogen) atoms. The molecule has 1 aromatic rings. The van der Waals surface area contributed by atoms with Gasteiger partial charge in [-0.2, -0.15) is 0 Å². The Balaban J connectivity index is 1.76. The number of likely N-dealkylation sites (tertiary alicyclic amines) is 1. The zero-order valence-electron chi connectivity index (χ0n) is 11.2. The van der Waals surface area contributed by atoms with Crippen LogP contribution in [0.2, 0.25) is 0 Å². The molecule has 0 N–H and O–H groups in total.